The van der Waals surface area contributed by atoms with Crippen molar-refractivity contribution < 1.29 is 13.6 Å². The van der Waals surface area contributed by atoms with Crippen LogP contribution in [0.4, 0.5) is 26.0 Å². The average molecular weight is 310 g/mol. The molecule has 0 fully saturated rings. The lowest BCUT2D eigenvalue weighted by molar-refractivity contribution is 0.100. The van der Waals surface area contributed by atoms with Crippen molar-refractivity contribution in [3.63, 3.8) is 0 Å². The Morgan fingerprint density at radius 3 is 2.71 bits per heavy atom. The number of carbonyl (C=O) groups excluding carboxylic acids is 1. The van der Waals surface area contributed by atoms with Crippen molar-refractivity contribution >= 4 is 34.9 Å². The number of primary amides is 1. The highest BCUT2D eigenvalue weighted by Crippen LogP contribution is 2.33. The van der Waals surface area contributed by atoms with E-state index in [2.05, 4.69) is 10.3 Å². The molecule has 110 valence electrons. The van der Waals surface area contributed by atoms with Crippen LogP contribution in [0.1, 0.15) is 10.4 Å². The third kappa shape index (κ3) is 3.82. The number of nitrogens with one attached hydrogen (secondary N) is 1. The molecule has 1 aromatic carbocycles. The maximum atomic E-state index is 12.5. The Balaban J connectivity index is 2.37. The minimum absolute atomic E-state index is 0.0897. The van der Waals surface area contributed by atoms with E-state index >= 15 is 0 Å². The molecule has 2 rings (SSSR count). The molecule has 2 aromatic rings. The lowest BCUT2D eigenvalue weighted by Crippen LogP contribution is -2.15. The maximum Gasteiger partial charge on any atom is 0.288 e. The Morgan fingerprint density at radius 2 is 2.05 bits per heavy atom. The summed E-state index contributed by atoms with van der Waals surface area (Å²) in [5.74, 6) is -3.10. The number of hydrogen-bond donors (Lipinski definition) is 3. The van der Waals surface area contributed by atoms with Crippen LogP contribution in [0.5, 0.6) is 0 Å². The monoisotopic (exact) mass is 310 g/mol. The number of amides is 1. The zero-order valence-electron chi connectivity index (χ0n) is 10.7. The lowest BCUT2D eigenvalue weighted by atomic mass is 10.2. The van der Waals surface area contributed by atoms with E-state index in [1.807, 2.05) is 0 Å². The molecule has 0 aliphatic heterocycles. The minimum Gasteiger partial charge on any atom is -0.397 e. The van der Waals surface area contributed by atoms with Gasteiger partial charge in [-0.3, -0.25) is 4.79 Å². The van der Waals surface area contributed by atoms with Crippen molar-refractivity contribution in [2.45, 2.75) is 10.7 Å². The number of aromatic nitrogens is 1. The summed E-state index contributed by atoms with van der Waals surface area (Å²) in [6.45, 7) is 0. The Hall–Kier alpha value is -2.35. The van der Waals surface area contributed by atoms with Crippen LogP contribution in [-0.2, 0) is 0 Å². The van der Waals surface area contributed by atoms with Crippen molar-refractivity contribution in [3.8, 4) is 0 Å². The zero-order chi connectivity index (χ0) is 15.4. The number of nitrogens with zero attached hydrogens (tertiary/aromatic N) is 1. The number of para-hydroxylation sites is 1. The quantitative estimate of drug-likeness (QED) is 0.738. The van der Waals surface area contributed by atoms with Gasteiger partial charge < -0.3 is 16.8 Å². The van der Waals surface area contributed by atoms with Crippen LogP contribution in [0.15, 0.2) is 41.4 Å². The number of halogens is 2. The molecule has 0 saturated heterocycles. The van der Waals surface area contributed by atoms with Crippen molar-refractivity contribution in [2.75, 3.05) is 11.1 Å². The minimum atomic E-state index is -2.55. The first-order valence-electron chi connectivity index (χ1n) is 5.83. The highest BCUT2D eigenvalue weighted by molar-refractivity contribution is 7.99. The van der Waals surface area contributed by atoms with Crippen LogP contribution in [0.2, 0.25) is 0 Å². The smallest absolute Gasteiger partial charge is 0.288 e. The molecule has 0 aliphatic rings. The summed E-state index contributed by atoms with van der Waals surface area (Å²) in [7, 11) is 0. The molecular weight excluding hydrogens is 298 g/mol. The normalized spacial score (nSPS) is 10.6. The Bertz CT molecular complexity index is 666. The fourth-order valence-corrected chi connectivity index (χ4v) is 2.26. The summed E-state index contributed by atoms with van der Waals surface area (Å²) in [6.07, 6.45) is 1.34. The van der Waals surface area contributed by atoms with Gasteiger partial charge in [-0.15, -0.1) is 0 Å². The topological polar surface area (TPSA) is 94.0 Å². The zero-order valence-corrected chi connectivity index (χ0v) is 11.5. The summed E-state index contributed by atoms with van der Waals surface area (Å²) < 4.78 is 25.1. The van der Waals surface area contributed by atoms with Crippen LogP contribution in [-0.4, -0.2) is 16.6 Å². The molecule has 1 amide bonds. The van der Waals surface area contributed by atoms with Crippen molar-refractivity contribution in [3.05, 3.63) is 42.1 Å². The molecule has 5 N–H and O–H groups in total. The number of thioether (sulfide) groups is 1. The lowest BCUT2D eigenvalue weighted by Gasteiger charge is -2.13. The van der Waals surface area contributed by atoms with E-state index in [1.54, 1.807) is 24.3 Å². The third-order valence-electron chi connectivity index (χ3n) is 2.53. The number of nitrogens with two attached hydrogens (primary N) is 2. The van der Waals surface area contributed by atoms with E-state index in [0.29, 0.717) is 22.3 Å². The predicted octanol–water partition coefficient (Wildman–Crippen LogP) is 2.82. The second-order valence-electron chi connectivity index (χ2n) is 4.03. The highest BCUT2D eigenvalue weighted by Gasteiger charge is 2.14. The van der Waals surface area contributed by atoms with Gasteiger partial charge in [0.25, 0.3) is 11.7 Å². The number of carbonyl (C=O) groups is 1. The number of rotatable bonds is 5. The SMILES string of the molecule is NC(=O)c1cc(N)cnc1Nc1ccccc1SC(F)F. The summed E-state index contributed by atoms with van der Waals surface area (Å²) in [5, 5.41) is 2.83. The van der Waals surface area contributed by atoms with Gasteiger partial charge in [-0.25, -0.2) is 4.98 Å². The summed E-state index contributed by atoms with van der Waals surface area (Å²) >= 11 is 0.397. The second-order valence-corrected chi connectivity index (χ2v) is 5.06. The van der Waals surface area contributed by atoms with Gasteiger partial charge in [0.05, 0.1) is 23.1 Å². The van der Waals surface area contributed by atoms with E-state index in [0.717, 1.165) is 0 Å². The van der Waals surface area contributed by atoms with Crippen LogP contribution < -0.4 is 16.8 Å². The number of anilines is 3. The number of nitrogen functional groups attached to an aromatic ring is 1. The van der Waals surface area contributed by atoms with Gasteiger partial charge in [0.1, 0.15) is 5.82 Å². The van der Waals surface area contributed by atoms with Crippen LogP contribution in [0.25, 0.3) is 0 Å². The first-order valence-corrected chi connectivity index (χ1v) is 6.71. The van der Waals surface area contributed by atoms with E-state index in [9.17, 15) is 13.6 Å². The Labute approximate surface area is 123 Å². The fourth-order valence-electron chi connectivity index (χ4n) is 1.66. The van der Waals surface area contributed by atoms with Crippen molar-refractivity contribution in [2.24, 2.45) is 5.73 Å². The van der Waals surface area contributed by atoms with Gasteiger partial charge in [0.15, 0.2) is 0 Å². The number of benzene rings is 1. The summed E-state index contributed by atoms with van der Waals surface area (Å²) in [4.78, 5) is 15.7. The Kier molecular flexibility index (Phi) is 4.59. The Morgan fingerprint density at radius 1 is 1.33 bits per heavy atom. The molecule has 0 radical (unpaired) electrons. The molecule has 0 saturated carbocycles. The van der Waals surface area contributed by atoms with E-state index in [-0.39, 0.29) is 17.1 Å². The van der Waals surface area contributed by atoms with E-state index in [1.165, 1.54) is 12.3 Å². The van der Waals surface area contributed by atoms with E-state index in [4.69, 9.17) is 11.5 Å². The number of alkyl halides is 2. The largest absolute Gasteiger partial charge is 0.397 e. The second kappa shape index (κ2) is 6.40. The molecule has 0 aliphatic carbocycles. The molecule has 8 heteroatoms. The predicted molar refractivity (Wildman–Crippen MR) is 78.8 cm³/mol. The third-order valence-corrected chi connectivity index (χ3v) is 3.32. The summed E-state index contributed by atoms with van der Waals surface area (Å²) in [5.41, 5.74) is 11.6. The molecule has 0 unspecified atom stereocenters. The van der Waals surface area contributed by atoms with Crippen molar-refractivity contribution in [1.29, 1.82) is 0 Å². The molecule has 0 atom stereocenters. The molecular formula is C13H12F2N4OS. The van der Waals surface area contributed by atoms with Crippen molar-refractivity contribution in [1.82, 2.24) is 4.98 Å². The average Bonchev–Trinajstić information content (AvgIpc) is 2.42. The van der Waals surface area contributed by atoms with Gasteiger partial charge in [-0.1, -0.05) is 23.9 Å². The standard InChI is InChI=1S/C13H12F2N4OS/c14-13(15)21-10-4-2-1-3-9(10)19-12-8(11(17)20)5-7(16)6-18-12/h1-6,13H,16H2,(H2,17,20)(H,18,19). The fraction of sp³-hybridized carbons (Fsp3) is 0.0769. The van der Waals surface area contributed by atoms with Crippen LogP contribution in [0, 0.1) is 0 Å². The van der Waals surface area contributed by atoms with Crippen LogP contribution in [0.3, 0.4) is 0 Å². The first kappa shape index (κ1) is 15.0. The molecule has 21 heavy (non-hydrogen) atoms. The highest BCUT2D eigenvalue weighted by atomic mass is 32.2. The molecule has 5 nitrogen and oxygen atoms in total. The van der Waals surface area contributed by atoms with Gasteiger partial charge in [-0.2, -0.15) is 8.78 Å². The number of hydrogen-bond acceptors (Lipinski definition) is 5. The molecule has 1 heterocycles. The maximum absolute atomic E-state index is 12.5. The van der Waals surface area contributed by atoms with Gasteiger partial charge in [0.2, 0.25) is 0 Å². The molecule has 1 aromatic heterocycles. The number of pyridine rings is 1. The van der Waals surface area contributed by atoms with Gasteiger partial charge >= 0.3 is 0 Å². The van der Waals surface area contributed by atoms with Crippen LogP contribution >= 0.6 is 11.8 Å². The van der Waals surface area contributed by atoms with E-state index < -0.39 is 11.7 Å². The summed E-state index contributed by atoms with van der Waals surface area (Å²) in [6, 6.07) is 7.84. The molecule has 0 bridgehead atoms. The first-order chi connectivity index (χ1) is 9.97. The molecule has 0 spiro atoms. The van der Waals surface area contributed by atoms with Gasteiger partial charge in [0, 0.05) is 4.90 Å². The van der Waals surface area contributed by atoms with Gasteiger partial charge in [-0.05, 0) is 18.2 Å².